The van der Waals surface area contributed by atoms with Gasteiger partial charge in [0, 0.05) is 14.7 Å². The van der Waals surface area contributed by atoms with E-state index < -0.39 is 6.10 Å². The zero-order valence-electron chi connectivity index (χ0n) is 10.8. The summed E-state index contributed by atoms with van der Waals surface area (Å²) in [6, 6.07) is 9.16. The molecular weight excluding hydrogens is 356 g/mol. The van der Waals surface area contributed by atoms with Gasteiger partial charge in [0.05, 0.1) is 6.21 Å². The molecule has 2 aromatic rings. The highest BCUT2D eigenvalue weighted by atomic mass is 79.9. The number of amides is 1. The van der Waals surface area contributed by atoms with Crippen LogP contribution in [0.3, 0.4) is 0 Å². The highest BCUT2D eigenvalue weighted by molar-refractivity contribution is 9.10. The third kappa shape index (κ3) is 3.43. The van der Waals surface area contributed by atoms with Crippen molar-refractivity contribution in [2.75, 3.05) is 6.61 Å². The van der Waals surface area contributed by atoms with E-state index in [9.17, 15) is 4.79 Å². The summed E-state index contributed by atoms with van der Waals surface area (Å²) in [5, 5.41) is 5.86. The van der Waals surface area contributed by atoms with Crippen LogP contribution < -0.4 is 14.9 Å². The Balaban J connectivity index is 1.58. The average Bonchev–Trinajstić information content (AvgIpc) is 2.92. The lowest BCUT2D eigenvalue weighted by Gasteiger charge is -2.24. The van der Waals surface area contributed by atoms with E-state index in [4.69, 9.17) is 9.47 Å². The van der Waals surface area contributed by atoms with Gasteiger partial charge in [-0.2, -0.15) is 5.10 Å². The maximum absolute atomic E-state index is 12.0. The summed E-state index contributed by atoms with van der Waals surface area (Å²) in [4.78, 5) is 12.9. The number of hydrazone groups is 1. The molecule has 3 rings (SSSR count). The largest absolute Gasteiger partial charge is 0.485 e. The molecular formula is C14H11BrN2O3S. The molecule has 108 valence electrons. The summed E-state index contributed by atoms with van der Waals surface area (Å²) < 4.78 is 12.1. The summed E-state index contributed by atoms with van der Waals surface area (Å²) in [5.41, 5.74) is 2.46. The van der Waals surface area contributed by atoms with Crippen LogP contribution in [0, 0.1) is 0 Å². The van der Waals surface area contributed by atoms with Crippen LogP contribution in [0.2, 0.25) is 0 Å². The minimum absolute atomic E-state index is 0.170. The molecule has 5 nitrogen and oxygen atoms in total. The number of carbonyl (C=O) groups excluding carboxylic acids is 1. The van der Waals surface area contributed by atoms with Crippen LogP contribution in [-0.4, -0.2) is 24.8 Å². The minimum atomic E-state index is -0.702. The van der Waals surface area contributed by atoms with E-state index in [1.807, 2.05) is 23.6 Å². The predicted octanol–water partition coefficient (Wildman–Crippen LogP) is 2.80. The third-order valence-corrected chi connectivity index (χ3v) is 4.38. The predicted molar refractivity (Wildman–Crippen MR) is 84.1 cm³/mol. The molecule has 1 amide bonds. The van der Waals surface area contributed by atoms with Crippen molar-refractivity contribution in [1.82, 2.24) is 5.43 Å². The zero-order valence-corrected chi connectivity index (χ0v) is 13.2. The van der Waals surface area contributed by atoms with Gasteiger partial charge in [-0.25, -0.2) is 5.43 Å². The lowest BCUT2D eigenvalue weighted by atomic mass is 10.2. The van der Waals surface area contributed by atoms with Crippen molar-refractivity contribution in [1.29, 1.82) is 0 Å². The zero-order chi connectivity index (χ0) is 14.7. The molecule has 0 saturated heterocycles. The standard InChI is InChI=1S/C14H11BrN2O3S/c15-9-5-10(21-8-9)6-16-17-14(18)13-7-19-11-3-1-2-4-12(11)20-13/h1-6,8,13H,7H2,(H,17,18)/b16-6+/t13-/m0/s1. The molecule has 0 aliphatic carbocycles. The molecule has 0 bridgehead atoms. The Morgan fingerprint density at radius 1 is 1.43 bits per heavy atom. The van der Waals surface area contributed by atoms with Gasteiger partial charge in [-0.1, -0.05) is 12.1 Å². The van der Waals surface area contributed by atoms with Crippen molar-refractivity contribution in [2.45, 2.75) is 6.10 Å². The van der Waals surface area contributed by atoms with E-state index in [-0.39, 0.29) is 12.5 Å². The maximum atomic E-state index is 12.0. The van der Waals surface area contributed by atoms with E-state index in [0.717, 1.165) is 9.35 Å². The van der Waals surface area contributed by atoms with Gasteiger partial charge in [0.1, 0.15) is 6.61 Å². The number of nitrogens with zero attached hydrogens (tertiary/aromatic N) is 1. The molecule has 1 aromatic heterocycles. The Morgan fingerprint density at radius 2 is 2.24 bits per heavy atom. The van der Waals surface area contributed by atoms with Gasteiger partial charge in [-0.05, 0) is 34.1 Å². The second kappa shape index (κ2) is 6.28. The van der Waals surface area contributed by atoms with Crippen molar-refractivity contribution in [3.8, 4) is 11.5 Å². The van der Waals surface area contributed by atoms with E-state index in [2.05, 4.69) is 26.5 Å². The fraction of sp³-hybridized carbons (Fsp3) is 0.143. The van der Waals surface area contributed by atoms with Crippen LogP contribution in [0.25, 0.3) is 0 Å². The smallest absolute Gasteiger partial charge is 0.284 e. The molecule has 0 fully saturated rings. The second-order valence-electron chi connectivity index (χ2n) is 4.27. The Kier molecular flexibility index (Phi) is 4.21. The monoisotopic (exact) mass is 366 g/mol. The van der Waals surface area contributed by atoms with Gasteiger partial charge in [0.2, 0.25) is 6.10 Å². The van der Waals surface area contributed by atoms with Gasteiger partial charge in [-0.3, -0.25) is 4.79 Å². The number of halogens is 1. The highest BCUT2D eigenvalue weighted by Gasteiger charge is 2.26. The minimum Gasteiger partial charge on any atom is -0.485 e. The average molecular weight is 367 g/mol. The molecule has 1 aliphatic heterocycles. The second-order valence-corrected chi connectivity index (χ2v) is 6.12. The number of benzene rings is 1. The number of hydrogen-bond donors (Lipinski definition) is 1. The molecule has 21 heavy (non-hydrogen) atoms. The molecule has 0 unspecified atom stereocenters. The van der Waals surface area contributed by atoms with Crippen molar-refractivity contribution < 1.29 is 14.3 Å². The van der Waals surface area contributed by atoms with Crippen molar-refractivity contribution in [3.63, 3.8) is 0 Å². The topological polar surface area (TPSA) is 59.9 Å². The number of fused-ring (bicyclic) bond motifs is 1. The Morgan fingerprint density at radius 3 is 3.00 bits per heavy atom. The summed E-state index contributed by atoms with van der Waals surface area (Å²) >= 11 is 4.88. The van der Waals surface area contributed by atoms with Crippen LogP contribution in [0.4, 0.5) is 0 Å². The number of ether oxygens (including phenoxy) is 2. The van der Waals surface area contributed by atoms with E-state index in [1.54, 1.807) is 18.3 Å². The van der Waals surface area contributed by atoms with Crippen LogP contribution in [-0.2, 0) is 4.79 Å². The van der Waals surface area contributed by atoms with Crippen molar-refractivity contribution >= 4 is 39.4 Å². The fourth-order valence-electron chi connectivity index (χ4n) is 1.78. The number of nitrogens with one attached hydrogen (secondary N) is 1. The number of hydrogen-bond acceptors (Lipinski definition) is 5. The number of para-hydroxylation sites is 2. The fourth-order valence-corrected chi connectivity index (χ4v) is 3.08. The van der Waals surface area contributed by atoms with Crippen LogP contribution in [0.5, 0.6) is 11.5 Å². The first kappa shape index (κ1) is 14.1. The molecule has 0 radical (unpaired) electrons. The van der Waals surface area contributed by atoms with Crippen LogP contribution in [0.1, 0.15) is 4.88 Å². The third-order valence-electron chi connectivity index (χ3n) is 2.76. The lowest BCUT2D eigenvalue weighted by Crippen LogP contribution is -2.42. The lowest BCUT2D eigenvalue weighted by molar-refractivity contribution is -0.130. The van der Waals surface area contributed by atoms with Gasteiger partial charge >= 0.3 is 0 Å². The Hall–Kier alpha value is -1.86. The van der Waals surface area contributed by atoms with Gasteiger partial charge in [-0.15, -0.1) is 11.3 Å². The van der Waals surface area contributed by atoms with Crippen molar-refractivity contribution in [2.24, 2.45) is 5.10 Å². The molecule has 1 N–H and O–H groups in total. The van der Waals surface area contributed by atoms with Crippen LogP contribution >= 0.6 is 27.3 Å². The first-order chi connectivity index (χ1) is 10.2. The molecule has 2 heterocycles. The molecule has 1 aromatic carbocycles. The van der Waals surface area contributed by atoms with Crippen LogP contribution in [0.15, 0.2) is 45.3 Å². The number of carbonyl (C=O) groups is 1. The Bertz CT molecular complexity index is 686. The first-order valence-electron chi connectivity index (χ1n) is 6.18. The summed E-state index contributed by atoms with van der Waals surface area (Å²) in [5.74, 6) is 0.875. The van der Waals surface area contributed by atoms with Gasteiger partial charge in [0.15, 0.2) is 11.5 Å². The van der Waals surface area contributed by atoms with E-state index >= 15 is 0 Å². The van der Waals surface area contributed by atoms with E-state index in [0.29, 0.717) is 11.5 Å². The summed E-state index contributed by atoms with van der Waals surface area (Å²) in [7, 11) is 0. The Labute approximate surface area is 133 Å². The molecule has 1 atom stereocenters. The van der Waals surface area contributed by atoms with E-state index in [1.165, 1.54) is 11.3 Å². The normalized spacial score (nSPS) is 16.9. The summed E-state index contributed by atoms with van der Waals surface area (Å²) in [6.07, 6.45) is 0.887. The SMILES string of the molecule is O=C(N/N=C/c1cc(Br)cs1)[C@@H]1COc2ccccc2O1. The first-order valence-corrected chi connectivity index (χ1v) is 7.85. The maximum Gasteiger partial charge on any atom is 0.284 e. The van der Waals surface area contributed by atoms with Crippen molar-refractivity contribution in [3.05, 3.63) is 45.1 Å². The van der Waals surface area contributed by atoms with Gasteiger partial charge in [0.25, 0.3) is 5.91 Å². The molecule has 7 heteroatoms. The molecule has 0 spiro atoms. The quantitative estimate of drug-likeness (QED) is 0.671. The number of rotatable bonds is 3. The molecule has 0 saturated carbocycles. The van der Waals surface area contributed by atoms with Gasteiger partial charge < -0.3 is 9.47 Å². The molecule has 1 aliphatic rings. The summed E-state index contributed by atoms with van der Waals surface area (Å²) in [6.45, 7) is 0.170. The number of thiophene rings is 1. The highest BCUT2D eigenvalue weighted by Crippen LogP contribution is 2.30.